The van der Waals surface area contributed by atoms with Crippen molar-refractivity contribution in [1.82, 2.24) is 46.8 Å². The van der Waals surface area contributed by atoms with Gasteiger partial charge in [0, 0.05) is 37.8 Å². The normalized spacial score (nSPS) is 15.9. The van der Waals surface area contributed by atoms with Crippen molar-refractivity contribution in [1.29, 1.82) is 0 Å². The quantitative estimate of drug-likeness (QED) is 0.0218. The van der Waals surface area contributed by atoms with Crippen LogP contribution in [-0.4, -0.2) is 163 Å². The molecule has 0 saturated carbocycles. The van der Waals surface area contributed by atoms with Gasteiger partial charge < -0.3 is 79.4 Å². The number of nitrogens with zero attached hydrogens (tertiary/aromatic N) is 3. The lowest BCUT2D eigenvalue weighted by Crippen LogP contribution is -2.60. The lowest BCUT2D eigenvalue weighted by molar-refractivity contribution is -0.143. The minimum Gasteiger partial charge on any atom is -0.508 e. The van der Waals surface area contributed by atoms with E-state index in [0.717, 1.165) is 0 Å². The number of aliphatic hydroxyl groups excluding tert-OH is 1. The molecule has 7 amide bonds. The molecule has 1 saturated heterocycles. The first-order chi connectivity index (χ1) is 32.2. The molecule has 1 aromatic carbocycles. The molecule has 2 aromatic rings. The van der Waals surface area contributed by atoms with E-state index in [1.165, 1.54) is 29.6 Å². The van der Waals surface area contributed by atoms with Crippen molar-refractivity contribution in [3.05, 3.63) is 48.0 Å². The van der Waals surface area contributed by atoms with Crippen molar-refractivity contribution in [2.75, 3.05) is 26.2 Å². The monoisotopic (exact) mass is 957 g/mol. The number of nitrogens with one attached hydrogen (secondary N) is 7. The Morgan fingerprint density at radius 1 is 0.838 bits per heavy atom. The molecule has 68 heavy (non-hydrogen) atoms. The third-order valence-corrected chi connectivity index (χ3v) is 10.6. The Kier molecular flexibility index (Phi) is 22.1. The first-order valence-corrected chi connectivity index (χ1v) is 21.9. The van der Waals surface area contributed by atoms with Gasteiger partial charge in [0.1, 0.15) is 42.0 Å². The molecule has 26 heteroatoms. The Balaban J connectivity index is 1.74. The Morgan fingerprint density at radius 3 is 2.07 bits per heavy atom. The summed E-state index contributed by atoms with van der Waals surface area (Å²) < 4.78 is 0. The number of carboxylic acid groups (broad SMARTS) is 2. The summed E-state index contributed by atoms with van der Waals surface area (Å²) in [5.74, 6) is -9.00. The second kappa shape index (κ2) is 27.3. The van der Waals surface area contributed by atoms with Gasteiger partial charge in [0.05, 0.1) is 25.5 Å². The number of aromatic nitrogens is 2. The van der Waals surface area contributed by atoms with Crippen molar-refractivity contribution in [3.63, 3.8) is 0 Å². The van der Waals surface area contributed by atoms with Crippen LogP contribution in [0.15, 0.2) is 41.8 Å². The SMILES string of the molecule is CC(C)C[C@H](NC(=O)[C@H](CCC(=O)O)NC(=O)[C@H](Cc1cnc[nH]1)NC(=O)[C@H](CO)NC(=O)[C@@H](N)Cc1ccc(O)cc1)C(=O)N1CCC[C@H]1C(=O)NCC(=O)N[C@@H](CCCN=C(N)N)C(=O)O. The zero-order valence-corrected chi connectivity index (χ0v) is 37.8. The van der Waals surface area contributed by atoms with Crippen LogP contribution in [0.3, 0.4) is 0 Å². The number of H-pyrrole nitrogens is 1. The number of hydrogen-bond acceptors (Lipinski definition) is 14. The van der Waals surface area contributed by atoms with E-state index in [1.807, 2.05) is 0 Å². The van der Waals surface area contributed by atoms with Crippen molar-refractivity contribution >= 4 is 59.2 Å². The highest BCUT2D eigenvalue weighted by atomic mass is 16.4. The maximum absolute atomic E-state index is 14.1. The summed E-state index contributed by atoms with van der Waals surface area (Å²) in [6.45, 7) is 2.23. The second-order valence-corrected chi connectivity index (χ2v) is 16.6. The zero-order chi connectivity index (χ0) is 50.5. The van der Waals surface area contributed by atoms with Crippen LogP contribution in [0.1, 0.15) is 70.1 Å². The number of nitrogens with two attached hydrogens (primary N) is 3. The molecule has 374 valence electrons. The average Bonchev–Trinajstić information content (AvgIpc) is 4.00. The Morgan fingerprint density at radius 2 is 1.47 bits per heavy atom. The lowest BCUT2D eigenvalue weighted by Gasteiger charge is -2.31. The number of rotatable bonds is 28. The number of aromatic amines is 1. The number of likely N-dealkylation sites (tertiary alicyclic amines) is 1. The number of carbonyl (C=O) groups excluding carboxylic acids is 7. The number of phenolic OH excluding ortho intramolecular Hbond substituents is 1. The highest BCUT2D eigenvalue weighted by Gasteiger charge is 2.39. The number of aliphatic carboxylic acids is 2. The number of aromatic hydroxyl groups is 1. The fourth-order valence-electron chi connectivity index (χ4n) is 7.12. The van der Waals surface area contributed by atoms with Gasteiger partial charge in [-0.25, -0.2) is 9.78 Å². The highest BCUT2D eigenvalue weighted by molar-refractivity contribution is 5.97. The van der Waals surface area contributed by atoms with Crippen molar-refractivity contribution in [2.45, 2.75) is 114 Å². The molecule has 0 radical (unpaired) electrons. The number of benzene rings is 1. The summed E-state index contributed by atoms with van der Waals surface area (Å²) in [7, 11) is 0. The van der Waals surface area contributed by atoms with E-state index in [0.29, 0.717) is 17.7 Å². The maximum Gasteiger partial charge on any atom is 0.326 e. The molecule has 1 aliphatic heterocycles. The van der Waals surface area contributed by atoms with Crippen LogP contribution in [0.4, 0.5) is 0 Å². The molecule has 1 aromatic heterocycles. The molecular formula is C42H63N13O13. The van der Waals surface area contributed by atoms with Gasteiger partial charge in [-0.1, -0.05) is 26.0 Å². The number of hydrogen-bond donors (Lipinski definition) is 14. The third kappa shape index (κ3) is 18.5. The molecule has 26 nitrogen and oxygen atoms in total. The fraction of sp³-hybridized carbons (Fsp3) is 0.548. The topological polar surface area (TPSA) is 429 Å². The van der Waals surface area contributed by atoms with Gasteiger partial charge in [-0.15, -0.1) is 0 Å². The number of carboxylic acids is 2. The van der Waals surface area contributed by atoms with E-state index < -0.39 is 122 Å². The van der Waals surface area contributed by atoms with Crippen molar-refractivity contribution in [2.24, 2.45) is 28.1 Å². The molecule has 7 atom stereocenters. The van der Waals surface area contributed by atoms with Gasteiger partial charge in [0.15, 0.2) is 5.96 Å². The maximum atomic E-state index is 14.1. The number of imidazole rings is 1. The minimum absolute atomic E-state index is 0.000151. The van der Waals surface area contributed by atoms with Crippen molar-refractivity contribution < 1.29 is 63.6 Å². The third-order valence-electron chi connectivity index (χ3n) is 10.6. The second-order valence-electron chi connectivity index (χ2n) is 16.6. The molecule has 1 aliphatic rings. The van der Waals surface area contributed by atoms with E-state index >= 15 is 0 Å². The summed E-state index contributed by atoms with van der Waals surface area (Å²) in [6, 6.07) is -3.64. The van der Waals surface area contributed by atoms with E-state index in [2.05, 4.69) is 46.9 Å². The molecule has 17 N–H and O–H groups in total. The van der Waals surface area contributed by atoms with Gasteiger partial charge in [0.25, 0.3) is 0 Å². The standard InChI is InChI=1S/C42H63N13O13/c1-22(2)15-30(40(66)55-14-4-6-32(55)39(65)48-19-33(58)50-28(41(67)68)5-3-13-47-42(44)45)53-36(62)27(11-12-34(59)60)51-37(63)29(17-24-18-46-21-49-24)52-38(64)31(20-56)54-35(61)26(43)16-23-7-9-25(57)10-8-23/h7-10,18,21-22,26-32,56-57H,3-6,11-17,19-20,43H2,1-2H3,(H,46,49)(H,48,65)(H,50,58)(H,51,63)(H,52,64)(H,53,62)(H,54,61)(H,59,60)(H,67,68)(H4,44,45,47)/t26-,27-,28-,29-,30-,31-,32-/m0/s1. The van der Waals surface area contributed by atoms with Crippen LogP contribution >= 0.6 is 0 Å². The summed E-state index contributed by atoms with van der Waals surface area (Å²) in [5, 5.41) is 53.3. The van der Waals surface area contributed by atoms with Crippen LogP contribution in [0.25, 0.3) is 0 Å². The van der Waals surface area contributed by atoms with Gasteiger partial charge in [-0.05, 0) is 68.6 Å². The molecule has 0 spiro atoms. The summed E-state index contributed by atoms with van der Waals surface area (Å²) in [6.07, 6.45) is 2.18. The van der Waals surface area contributed by atoms with E-state index in [1.54, 1.807) is 26.0 Å². The Bertz CT molecular complexity index is 2080. The molecule has 0 bridgehead atoms. The molecular weight excluding hydrogens is 895 g/mol. The van der Waals surface area contributed by atoms with E-state index in [9.17, 15) is 63.6 Å². The number of amides is 7. The Labute approximate surface area is 391 Å². The van der Waals surface area contributed by atoms with Crippen LogP contribution in [0.2, 0.25) is 0 Å². The Hall–Kier alpha value is -7.35. The summed E-state index contributed by atoms with van der Waals surface area (Å²) in [4.78, 5) is 130. The van der Waals surface area contributed by atoms with Crippen molar-refractivity contribution in [3.8, 4) is 5.75 Å². The predicted molar refractivity (Wildman–Crippen MR) is 240 cm³/mol. The van der Waals surface area contributed by atoms with E-state index in [4.69, 9.17) is 17.2 Å². The van der Waals surface area contributed by atoms with Gasteiger partial charge in [-0.2, -0.15) is 0 Å². The number of aliphatic hydroxyl groups is 1. The number of carbonyl (C=O) groups is 9. The smallest absolute Gasteiger partial charge is 0.326 e. The summed E-state index contributed by atoms with van der Waals surface area (Å²) in [5.41, 5.74) is 17.5. The number of guanidine groups is 1. The first kappa shape index (κ1) is 55.0. The molecule has 2 heterocycles. The number of phenols is 1. The van der Waals surface area contributed by atoms with Gasteiger partial charge in [0.2, 0.25) is 41.4 Å². The molecule has 0 unspecified atom stereocenters. The number of aliphatic imine (C=N–C) groups is 1. The van der Waals surface area contributed by atoms with E-state index in [-0.39, 0.29) is 69.2 Å². The minimum atomic E-state index is -1.60. The molecule has 3 rings (SSSR count). The van der Waals surface area contributed by atoms with Crippen LogP contribution in [-0.2, 0) is 56.0 Å². The largest absolute Gasteiger partial charge is 0.508 e. The van der Waals surface area contributed by atoms with Crippen LogP contribution in [0.5, 0.6) is 5.75 Å². The van der Waals surface area contributed by atoms with Crippen LogP contribution < -0.4 is 49.1 Å². The fourth-order valence-corrected chi connectivity index (χ4v) is 7.12. The summed E-state index contributed by atoms with van der Waals surface area (Å²) >= 11 is 0. The zero-order valence-electron chi connectivity index (χ0n) is 37.8. The predicted octanol–water partition coefficient (Wildman–Crippen LogP) is -4.20. The lowest BCUT2D eigenvalue weighted by atomic mass is 10.0. The molecule has 0 aliphatic carbocycles. The van der Waals surface area contributed by atoms with Gasteiger partial charge in [-0.3, -0.25) is 43.3 Å². The average molecular weight is 958 g/mol. The van der Waals surface area contributed by atoms with Crippen LogP contribution in [0, 0.1) is 5.92 Å². The van der Waals surface area contributed by atoms with Gasteiger partial charge >= 0.3 is 11.9 Å². The first-order valence-electron chi connectivity index (χ1n) is 21.9. The molecule has 1 fully saturated rings. The highest BCUT2D eigenvalue weighted by Crippen LogP contribution is 2.21.